The third-order valence-corrected chi connectivity index (χ3v) is 7.17. The highest BCUT2D eigenvalue weighted by Crippen LogP contribution is 2.35. The van der Waals surface area contributed by atoms with E-state index in [0.29, 0.717) is 34.9 Å². The lowest BCUT2D eigenvalue weighted by molar-refractivity contribution is 0.0926. The Morgan fingerprint density at radius 2 is 1.62 bits per heavy atom. The summed E-state index contributed by atoms with van der Waals surface area (Å²) in [5.41, 5.74) is 2.27. The first-order chi connectivity index (χ1) is 15.7. The first-order valence-electron chi connectivity index (χ1n) is 9.93. The number of amides is 2. The Labute approximate surface area is 192 Å². The maximum Gasteiger partial charge on any atom is 0.266 e. The predicted octanol–water partition coefficient (Wildman–Crippen LogP) is 5.28. The van der Waals surface area contributed by atoms with E-state index in [-0.39, 0.29) is 11.8 Å². The van der Waals surface area contributed by atoms with Crippen molar-refractivity contribution in [1.29, 1.82) is 0 Å². The van der Waals surface area contributed by atoms with Gasteiger partial charge in [-0.15, -0.1) is 11.3 Å². The summed E-state index contributed by atoms with van der Waals surface area (Å²) >= 11 is 3.13. The number of aromatic nitrogens is 1. The van der Waals surface area contributed by atoms with E-state index in [0.717, 1.165) is 20.3 Å². The second-order valence-electron chi connectivity index (χ2n) is 6.97. The lowest BCUT2D eigenvalue weighted by atomic mass is 10.1. The van der Waals surface area contributed by atoms with Gasteiger partial charge < -0.3 is 9.47 Å². The van der Waals surface area contributed by atoms with Crippen LogP contribution in [0.1, 0.15) is 20.7 Å². The molecule has 160 valence electrons. The molecule has 1 aliphatic rings. The standard InChI is InChI=1S/C24H18N2O4S2/c1-29-19-8-4-5-9-20(19)30-12-13-31-24-25-18-11-10-15(14-21(18)32-24)26-22(27)16-6-2-3-7-17(16)23(26)28/h2-11,14H,12-13H2,1H3. The molecule has 0 fully saturated rings. The summed E-state index contributed by atoms with van der Waals surface area (Å²) in [6, 6.07) is 19.9. The SMILES string of the molecule is COc1ccccc1OCCSc1nc2ccc(N3C(=O)c4ccccc4C3=O)cc2s1. The highest BCUT2D eigenvalue weighted by Gasteiger charge is 2.36. The molecule has 1 aliphatic heterocycles. The molecule has 0 spiro atoms. The van der Waals surface area contributed by atoms with Crippen molar-refractivity contribution < 1.29 is 19.1 Å². The van der Waals surface area contributed by atoms with Crippen LogP contribution < -0.4 is 14.4 Å². The Kier molecular flexibility index (Phi) is 5.55. The average Bonchev–Trinajstić information content (AvgIpc) is 3.34. The third kappa shape index (κ3) is 3.72. The molecular weight excluding hydrogens is 444 g/mol. The molecule has 1 aromatic heterocycles. The fourth-order valence-corrected chi connectivity index (χ4v) is 5.52. The summed E-state index contributed by atoms with van der Waals surface area (Å²) in [6.45, 7) is 0.515. The number of ether oxygens (including phenoxy) is 2. The molecule has 0 atom stereocenters. The number of imide groups is 1. The van der Waals surface area contributed by atoms with Crippen molar-refractivity contribution in [2.24, 2.45) is 0 Å². The molecule has 4 aromatic rings. The molecule has 32 heavy (non-hydrogen) atoms. The molecule has 0 saturated carbocycles. The van der Waals surface area contributed by atoms with E-state index in [4.69, 9.17) is 9.47 Å². The Morgan fingerprint density at radius 3 is 2.34 bits per heavy atom. The van der Waals surface area contributed by atoms with Gasteiger partial charge in [-0.25, -0.2) is 9.88 Å². The molecule has 0 bridgehead atoms. The van der Waals surface area contributed by atoms with Gasteiger partial charge in [0, 0.05) is 5.75 Å². The van der Waals surface area contributed by atoms with Crippen molar-refractivity contribution in [2.75, 3.05) is 24.4 Å². The lowest BCUT2D eigenvalue weighted by Gasteiger charge is -2.13. The van der Waals surface area contributed by atoms with E-state index >= 15 is 0 Å². The van der Waals surface area contributed by atoms with Gasteiger partial charge in [-0.1, -0.05) is 36.0 Å². The topological polar surface area (TPSA) is 68.7 Å². The highest BCUT2D eigenvalue weighted by atomic mass is 32.2. The summed E-state index contributed by atoms with van der Waals surface area (Å²) in [4.78, 5) is 31.4. The van der Waals surface area contributed by atoms with Crippen LogP contribution in [0.15, 0.2) is 71.1 Å². The van der Waals surface area contributed by atoms with Crippen molar-refractivity contribution in [3.63, 3.8) is 0 Å². The molecule has 0 N–H and O–H groups in total. The van der Waals surface area contributed by atoms with Gasteiger partial charge in [-0.3, -0.25) is 9.59 Å². The number of nitrogens with zero attached hydrogens (tertiary/aromatic N) is 2. The van der Waals surface area contributed by atoms with Gasteiger partial charge in [0.15, 0.2) is 15.8 Å². The molecule has 0 aliphatic carbocycles. The third-order valence-electron chi connectivity index (χ3n) is 5.04. The van der Waals surface area contributed by atoms with E-state index in [2.05, 4.69) is 4.98 Å². The Hall–Kier alpha value is -3.36. The maximum absolute atomic E-state index is 12.8. The molecule has 3 aromatic carbocycles. The summed E-state index contributed by atoms with van der Waals surface area (Å²) in [7, 11) is 1.62. The summed E-state index contributed by atoms with van der Waals surface area (Å²) in [5.74, 6) is 1.56. The van der Waals surface area contributed by atoms with Gasteiger partial charge in [0.1, 0.15) is 0 Å². The van der Waals surface area contributed by atoms with Gasteiger partial charge in [-0.2, -0.15) is 0 Å². The number of hydrogen-bond donors (Lipinski definition) is 0. The van der Waals surface area contributed by atoms with Crippen LogP contribution in [0.4, 0.5) is 5.69 Å². The number of hydrogen-bond acceptors (Lipinski definition) is 7. The first-order valence-corrected chi connectivity index (χ1v) is 11.7. The van der Waals surface area contributed by atoms with Crippen LogP contribution in [0.3, 0.4) is 0 Å². The molecule has 2 amide bonds. The number of anilines is 1. The van der Waals surface area contributed by atoms with E-state index in [1.807, 2.05) is 36.4 Å². The van der Waals surface area contributed by atoms with Crippen LogP contribution in [-0.2, 0) is 0 Å². The monoisotopic (exact) mass is 462 g/mol. The molecule has 0 saturated heterocycles. The number of para-hydroxylation sites is 2. The minimum atomic E-state index is -0.294. The quantitative estimate of drug-likeness (QED) is 0.212. The van der Waals surface area contributed by atoms with Crippen molar-refractivity contribution in [3.8, 4) is 11.5 Å². The Bertz CT molecular complexity index is 1300. The van der Waals surface area contributed by atoms with Crippen molar-refractivity contribution in [3.05, 3.63) is 77.9 Å². The molecular formula is C24H18N2O4S2. The summed E-state index contributed by atoms with van der Waals surface area (Å²) in [5, 5.41) is 0. The van der Waals surface area contributed by atoms with E-state index in [1.54, 1.807) is 49.2 Å². The van der Waals surface area contributed by atoms with E-state index < -0.39 is 0 Å². The van der Waals surface area contributed by atoms with E-state index in [9.17, 15) is 9.59 Å². The zero-order valence-corrected chi connectivity index (χ0v) is 18.7. The van der Waals surface area contributed by atoms with Gasteiger partial charge in [0.05, 0.1) is 40.7 Å². The van der Waals surface area contributed by atoms with Crippen molar-refractivity contribution in [1.82, 2.24) is 4.98 Å². The van der Waals surface area contributed by atoms with Gasteiger partial charge in [0.2, 0.25) is 0 Å². The molecule has 0 radical (unpaired) electrons. The van der Waals surface area contributed by atoms with Crippen molar-refractivity contribution in [2.45, 2.75) is 4.34 Å². The highest BCUT2D eigenvalue weighted by molar-refractivity contribution is 8.01. The van der Waals surface area contributed by atoms with Gasteiger partial charge in [0.25, 0.3) is 11.8 Å². The van der Waals surface area contributed by atoms with Gasteiger partial charge >= 0.3 is 0 Å². The Morgan fingerprint density at radius 1 is 0.938 bits per heavy atom. The number of methoxy groups -OCH3 is 1. The number of thioether (sulfide) groups is 1. The number of thiazole rings is 1. The smallest absolute Gasteiger partial charge is 0.266 e. The zero-order valence-electron chi connectivity index (χ0n) is 17.1. The largest absolute Gasteiger partial charge is 0.493 e. The van der Waals surface area contributed by atoms with Crippen LogP contribution in [0.5, 0.6) is 11.5 Å². The number of rotatable bonds is 7. The van der Waals surface area contributed by atoms with Crippen molar-refractivity contribution >= 4 is 50.8 Å². The van der Waals surface area contributed by atoms with Crippen LogP contribution in [0, 0.1) is 0 Å². The van der Waals surface area contributed by atoms with Crippen LogP contribution in [-0.4, -0.2) is 36.3 Å². The van der Waals surface area contributed by atoms with E-state index in [1.165, 1.54) is 16.2 Å². The molecule has 2 heterocycles. The predicted molar refractivity (Wildman–Crippen MR) is 126 cm³/mol. The molecule has 0 unspecified atom stereocenters. The molecule has 6 nitrogen and oxygen atoms in total. The summed E-state index contributed by atoms with van der Waals surface area (Å²) < 4.78 is 12.9. The second kappa shape index (κ2) is 8.64. The first kappa shape index (κ1) is 20.5. The number of fused-ring (bicyclic) bond motifs is 2. The van der Waals surface area contributed by atoms with Gasteiger partial charge in [-0.05, 0) is 42.5 Å². The van der Waals surface area contributed by atoms with Crippen LogP contribution in [0.2, 0.25) is 0 Å². The Balaban J connectivity index is 1.28. The van der Waals surface area contributed by atoms with Crippen LogP contribution >= 0.6 is 23.1 Å². The molecule has 5 rings (SSSR count). The number of carbonyl (C=O) groups is 2. The minimum absolute atomic E-state index is 0.294. The normalized spacial score (nSPS) is 13.0. The fourth-order valence-electron chi connectivity index (χ4n) is 3.54. The minimum Gasteiger partial charge on any atom is -0.493 e. The fraction of sp³-hybridized carbons (Fsp3) is 0.125. The second-order valence-corrected chi connectivity index (χ2v) is 9.34. The number of benzene rings is 3. The van der Waals surface area contributed by atoms with Crippen LogP contribution in [0.25, 0.3) is 10.2 Å². The lowest BCUT2D eigenvalue weighted by Crippen LogP contribution is -2.29. The number of carbonyl (C=O) groups excluding carboxylic acids is 2. The maximum atomic E-state index is 12.8. The average molecular weight is 463 g/mol. The molecule has 8 heteroatoms. The zero-order chi connectivity index (χ0) is 22.1. The summed E-state index contributed by atoms with van der Waals surface area (Å²) in [6.07, 6.45) is 0.